The van der Waals surface area contributed by atoms with Crippen LogP contribution < -0.4 is 10.6 Å². The van der Waals surface area contributed by atoms with Gasteiger partial charge < -0.3 is 15.5 Å². The summed E-state index contributed by atoms with van der Waals surface area (Å²) < 4.78 is 0. The zero-order chi connectivity index (χ0) is 19.8. The van der Waals surface area contributed by atoms with E-state index in [0.29, 0.717) is 18.0 Å². The highest BCUT2D eigenvalue weighted by atomic mass is 16.2. The molecule has 154 valence electrons. The lowest BCUT2D eigenvalue weighted by atomic mass is 9.86. The van der Waals surface area contributed by atoms with Crippen LogP contribution in [-0.2, 0) is 4.79 Å². The van der Waals surface area contributed by atoms with Crippen LogP contribution in [0.1, 0.15) is 52.4 Å². The molecule has 2 rings (SSSR count). The van der Waals surface area contributed by atoms with Gasteiger partial charge in [0.1, 0.15) is 6.54 Å². The summed E-state index contributed by atoms with van der Waals surface area (Å²) in [5.74, 6) is 1.49. The molecule has 1 saturated heterocycles. The molecule has 0 radical (unpaired) electrons. The van der Waals surface area contributed by atoms with Crippen LogP contribution >= 0.6 is 0 Å². The predicted molar refractivity (Wildman–Crippen MR) is 113 cm³/mol. The SMILES string of the molecule is C=C(C)CN1CCC(NC(=NCC(=O)N(C)C)NC2CCCCC2C)CC1. The number of guanidine groups is 1. The van der Waals surface area contributed by atoms with Crippen molar-refractivity contribution in [2.24, 2.45) is 10.9 Å². The van der Waals surface area contributed by atoms with E-state index in [1.54, 1.807) is 19.0 Å². The fourth-order valence-electron chi connectivity index (χ4n) is 3.94. The summed E-state index contributed by atoms with van der Waals surface area (Å²) in [7, 11) is 3.55. The van der Waals surface area contributed by atoms with Crippen LogP contribution in [0.4, 0.5) is 0 Å². The molecule has 2 unspecified atom stereocenters. The number of hydrogen-bond donors (Lipinski definition) is 2. The minimum absolute atomic E-state index is 0.0315. The highest BCUT2D eigenvalue weighted by Crippen LogP contribution is 2.23. The van der Waals surface area contributed by atoms with Gasteiger partial charge in [0, 0.05) is 45.8 Å². The lowest BCUT2D eigenvalue weighted by Crippen LogP contribution is -2.52. The summed E-state index contributed by atoms with van der Waals surface area (Å²) in [6.07, 6.45) is 7.22. The average molecular weight is 378 g/mol. The summed E-state index contributed by atoms with van der Waals surface area (Å²) >= 11 is 0. The maximum absolute atomic E-state index is 12.0. The van der Waals surface area contributed by atoms with Crippen molar-refractivity contribution >= 4 is 11.9 Å². The minimum atomic E-state index is 0.0315. The number of rotatable bonds is 6. The molecule has 1 saturated carbocycles. The summed E-state index contributed by atoms with van der Waals surface area (Å²) in [5, 5.41) is 7.24. The van der Waals surface area contributed by atoms with Crippen LogP contribution in [0.2, 0.25) is 0 Å². The van der Waals surface area contributed by atoms with Crippen LogP contribution in [-0.4, -0.2) is 74.0 Å². The van der Waals surface area contributed by atoms with Gasteiger partial charge >= 0.3 is 0 Å². The third-order valence-corrected chi connectivity index (χ3v) is 5.73. The number of amides is 1. The average Bonchev–Trinajstić information content (AvgIpc) is 2.62. The molecule has 2 N–H and O–H groups in total. The molecule has 1 aliphatic carbocycles. The minimum Gasteiger partial charge on any atom is -0.354 e. The van der Waals surface area contributed by atoms with E-state index in [0.717, 1.165) is 38.4 Å². The van der Waals surface area contributed by atoms with Crippen LogP contribution in [0.3, 0.4) is 0 Å². The zero-order valence-corrected chi connectivity index (χ0v) is 17.8. The fourth-order valence-corrected chi connectivity index (χ4v) is 3.94. The van der Waals surface area contributed by atoms with Crippen molar-refractivity contribution in [3.8, 4) is 0 Å². The quantitative estimate of drug-likeness (QED) is 0.423. The Bertz CT molecular complexity index is 523. The van der Waals surface area contributed by atoms with Gasteiger partial charge in [-0.3, -0.25) is 9.69 Å². The second kappa shape index (κ2) is 10.7. The van der Waals surface area contributed by atoms with Crippen molar-refractivity contribution in [3.63, 3.8) is 0 Å². The smallest absolute Gasteiger partial charge is 0.243 e. The van der Waals surface area contributed by atoms with E-state index in [1.807, 2.05) is 0 Å². The second-order valence-electron chi connectivity index (χ2n) is 8.62. The largest absolute Gasteiger partial charge is 0.354 e. The van der Waals surface area contributed by atoms with E-state index >= 15 is 0 Å². The standard InChI is InChI=1S/C21H39N5O/c1-16(2)15-26-12-10-18(11-13-26)23-21(22-14-20(27)25(4)5)24-19-9-7-6-8-17(19)3/h17-19H,1,6-15H2,2-5H3,(H2,22,23,24). The van der Waals surface area contributed by atoms with Gasteiger partial charge in [-0.05, 0) is 38.5 Å². The Kier molecular flexibility index (Phi) is 8.61. The van der Waals surface area contributed by atoms with E-state index < -0.39 is 0 Å². The summed E-state index contributed by atoms with van der Waals surface area (Å²) in [6, 6.07) is 0.855. The van der Waals surface area contributed by atoms with E-state index in [1.165, 1.54) is 31.3 Å². The molecule has 0 aromatic heterocycles. The molecule has 1 amide bonds. The zero-order valence-electron chi connectivity index (χ0n) is 17.8. The molecular formula is C21H39N5O. The summed E-state index contributed by atoms with van der Waals surface area (Å²) in [6.45, 7) is 11.8. The first-order valence-corrected chi connectivity index (χ1v) is 10.5. The first kappa shape index (κ1) is 21.7. The Morgan fingerprint density at radius 3 is 2.41 bits per heavy atom. The van der Waals surface area contributed by atoms with Crippen LogP contribution in [0.25, 0.3) is 0 Å². The number of piperidine rings is 1. The van der Waals surface area contributed by atoms with Gasteiger partial charge in [-0.15, -0.1) is 0 Å². The monoisotopic (exact) mass is 377 g/mol. The van der Waals surface area contributed by atoms with Crippen molar-refractivity contribution in [2.75, 3.05) is 40.3 Å². The number of nitrogens with one attached hydrogen (secondary N) is 2. The Morgan fingerprint density at radius 1 is 1.15 bits per heavy atom. The molecule has 6 nitrogen and oxygen atoms in total. The topological polar surface area (TPSA) is 60.0 Å². The molecule has 6 heteroatoms. The number of aliphatic imine (C=N–C) groups is 1. The lowest BCUT2D eigenvalue weighted by molar-refractivity contribution is -0.127. The third kappa shape index (κ3) is 7.53. The normalized spacial score (nSPS) is 25.1. The Labute approximate surface area is 165 Å². The van der Waals surface area contributed by atoms with Crippen molar-refractivity contribution in [3.05, 3.63) is 12.2 Å². The van der Waals surface area contributed by atoms with Gasteiger partial charge in [-0.1, -0.05) is 31.9 Å². The Balaban J connectivity index is 1.94. The first-order valence-electron chi connectivity index (χ1n) is 10.5. The fraction of sp³-hybridized carbons (Fsp3) is 0.810. The molecule has 1 aliphatic heterocycles. The van der Waals surface area contributed by atoms with Gasteiger partial charge in [0.15, 0.2) is 5.96 Å². The van der Waals surface area contributed by atoms with E-state index in [9.17, 15) is 4.79 Å². The molecular weight excluding hydrogens is 338 g/mol. The predicted octanol–water partition coefficient (Wildman–Crippen LogP) is 2.23. The van der Waals surface area contributed by atoms with Gasteiger partial charge in [0.2, 0.25) is 5.91 Å². The van der Waals surface area contributed by atoms with Crippen LogP contribution in [0, 0.1) is 5.92 Å². The van der Waals surface area contributed by atoms with E-state index in [4.69, 9.17) is 0 Å². The lowest BCUT2D eigenvalue weighted by Gasteiger charge is -2.35. The Morgan fingerprint density at radius 2 is 1.81 bits per heavy atom. The van der Waals surface area contributed by atoms with Crippen molar-refractivity contribution in [1.29, 1.82) is 0 Å². The number of hydrogen-bond acceptors (Lipinski definition) is 3. The number of nitrogens with zero attached hydrogens (tertiary/aromatic N) is 3. The number of likely N-dealkylation sites (tertiary alicyclic amines) is 1. The molecule has 2 fully saturated rings. The van der Waals surface area contributed by atoms with E-state index in [-0.39, 0.29) is 12.5 Å². The molecule has 0 aromatic carbocycles. The summed E-state index contributed by atoms with van der Waals surface area (Å²) in [4.78, 5) is 20.7. The van der Waals surface area contributed by atoms with E-state index in [2.05, 4.69) is 41.0 Å². The third-order valence-electron chi connectivity index (χ3n) is 5.73. The number of likely N-dealkylation sites (N-methyl/N-ethyl adjacent to an activating group) is 1. The summed E-state index contributed by atoms with van der Waals surface area (Å²) in [5.41, 5.74) is 1.22. The Hall–Kier alpha value is -1.56. The molecule has 1 heterocycles. The maximum Gasteiger partial charge on any atom is 0.243 e. The van der Waals surface area contributed by atoms with Gasteiger partial charge in [-0.2, -0.15) is 0 Å². The van der Waals surface area contributed by atoms with Crippen molar-refractivity contribution < 1.29 is 4.79 Å². The molecule has 0 spiro atoms. The van der Waals surface area contributed by atoms with Crippen LogP contribution in [0.5, 0.6) is 0 Å². The van der Waals surface area contributed by atoms with Crippen LogP contribution in [0.15, 0.2) is 17.1 Å². The first-order chi connectivity index (χ1) is 12.8. The van der Waals surface area contributed by atoms with Gasteiger partial charge in [0.25, 0.3) is 0 Å². The molecule has 2 aliphatic rings. The number of carbonyl (C=O) groups is 1. The maximum atomic E-state index is 12.0. The molecule has 0 aromatic rings. The highest BCUT2D eigenvalue weighted by Gasteiger charge is 2.24. The van der Waals surface area contributed by atoms with Crippen molar-refractivity contribution in [2.45, 2.75) is 64.5 Å². The van der Waals surface area contributed by atoms with Gasteiger partial charge in [-0.25, -0.2) is 4.99 Å². The number of carbonyl (C=O) groups excluding carboxylic acids is 1. The highest BCUT2D eigenvalue weighted by molar-refractivity contribution is 5.85. The van der Waals surface area contributed by atoms with Crippen molar-refractivity contribution in [1.82, 2.24) is 20.4 Å². The molecule has 2 atom stereocenters. The van der Waals surface area contributed by atoms with Gasteiger partial charge in [0.05, 0.1) is 0 Å². The second-order valence-corrected chi connectivity index (χ2v) is 8.62. The molecule has 0 bridgehead atoms. The molecule has 27 heavy (non-hydrogen) atoms.